The molecule has 0 radical (unpaired) electrons. The Morgan fingerprint density at radius 2 is 1.87 bits per heavy atom. The molecule has 0 spiro atoms. The molecular formula is C10H17NO4. The summed E-state index contributed by atoms with van der Waals surface area (Å²) in [6.07, 6.45) is 2.26. The van der Waals surface area contributed by atoms with Crippen molar-refractivity contribution in [2.75, 3.05) is 0 Å². The highest BCUT2D eigenvalue weighted by atomic mass is 16.7. The van der Waals surface area contributed by atoms with E-state index in [1.807, 2.05) is 0 Å². The van der Waals surface area contributed by atoms with Gasteiger partial charge in [-0.1, -0.05) is 0 Å². The standard InChI is InChI=1S/C10H17NO4/c1-10(2,3)15-11(8-14)9(7-13)5-4-6-12/h6-9H,4-5H2,1-3H3/t9-/m0/s1. The lowest BCUT2D eigenvalue weighted by Crippen LogP contribution is -2.41. The smallest absolute Gasteiger partial charge is 0.234 e. The van der Waals surface area contributed by atoms with Crippen LogP contribution in [0.2, 0.25) is 0 Å². The van der Waals surface area contributed by atoms with Gasteiger partial charge >= 0.3 is 0 Å². The molecule has 0 aliphatic carbocycles. The molecule has 0 rings (SSSR count). The lowest BCUT2D eigenvalue weighted by molar-refractivity contribution is -0.229. The van der Waals surface area contributed by atoms with E-state index < -0.39 is 11.6 Å². The normalized spacial score (nSPS) is 13.0. The Labute approximate surface area is 89.3 Å². The molecule has 5 heteroatoms. The van der Waals surface area contributed by atoms with E-state index in [4.69, 9.17) is 4.84 Å². The molecular weight excluding hydrogens is 198 g/mol. The minimum atomic E-state index is -0.702. The predicted molar refractivity (Wildman–Crippen MR) is 53.9 cm³/mol. The summed E-state index contributed by atoms with van der Waals surface area (Å²) in [7, 11) is 0. The maximum absolute atomic E-state index is 10.7. The SMILES string of the molecule is CC(C)(C)ON(C=O)[C@H](C=O)CCC=O. The van der Waals surface area contributed by atoms with E-state index in [9.17, 15) is 14.4 Å². The van der Waals surface area contributed by atoms with Crippen LogP contribution in [0.3, 0.4) is 0 Å². The molecule has 0 aliphatic rings. The van der Waals surface area contributed by atoms with Gasteiger partial charge in [-0.15, -0.1) is 0 Å². The minimum absolute atomic E-state index is 0.223. The highest BCUT2D eigenvalue weighted by molar-refractivity contribution is 5.63. The average molecular weight is 215 g/mol. The highest BCUT2D eigenvalue weighted by Crippen LogP contribution is 2.12. The first-order chi connectivity index (χ1) is 6.94. The average Bonchev–Trinajstić information content (AvgIpc) is 2.15. The molecule has 0 saturated carbocycles. The lowest BCUT2D eigenvalue weighted by Gasteiger charge is -2.30. The van der Waals surface area contributed by atoms with Gasteiger partial charge in [-0.25, -0.2) is 5.06 Å². The van der Waals surface area contributed by atoms with E-state index in [0.717, 1.165) is 5.06 Å². The summed E-state index contributed by atoms with van der Waals surface area (Å²) >= 11 is 0. The Hall–Kier alpha value is -1.23. The molecule has 0 N–H and O–H groups in total. The Kier molecular flexibility index (Phi) is 5.77. The van der Waals surface area contributed by atoms with Crippen LogP contribution in [-0.2, 0) is 19.2 Å². The summed E-state index contributed by atoms with van der Waals surface area (Å²) < 4.78 is 0. The van der Waals surface area contributed by atoms with Crippen LogP contribution >= 0.6 is 0 Å². The first kappa shape index (κ1) is 13.8. The predicted octanol–water partition coefficient (Wildman–Crippen LogP) is 0.722. The molecule has 86 valence electrons. The number of carbonyl (C=O) groups excluding carboxylic acids is 3. The number of aldehydes is 2. The fourth-order valence-corrected chi connectivity index (χ4v) is 0.978. The van der Waals surface area contributed by atoms with Gasteiger partial charge in [0, 0.05) is 6.42 Å². The number of hydrogen-bond donors (Lipinski definition) is 0. The van der Waals surface area contributed by atoms with Crippen molar-refractivity contribution in [3.8, 4) is 0 Å². The van der Waals surface area contributed by atoms with E-state index in [-0.39, 0.29) is 12.8 Å². The van der Waals surface area contributed by atoms with Crippen LogP contribution in [0.15, 0.2) is 0 Å². The van der Waals surface area contributed by atoms with E-state index in [1.54, 1.807) is 20.8 Å². The number of hydrogen-bond acceptors (Lipinski definition) is 4. The first-order valence-electron chi connectivity index (χ1n) is 4.76. The Morgan fingerprint density at radius 3 is 2.20 bits per heavy atom. The van der Waals surface area contributed by atoms with Crippen LogP contribution in [0.4, 0.5) is 0 Å². The van der Waals surface area contributed by atoms with Crippen molar-refractivity contribution in [1.82, 2.24) is 5.06 Å². The van der Waals surface area contributed by atoms with Crippen molar-refractivity contribution in [1.29, 1.82) is 0 Å². The Balaban J connectivity index is 4.39. The van der Waals surface area contributed by atoms with Gasteiger partial charge in [0.25, 0.3) is 0 Å². The maximum Gasteiger partial charge on any atom is 0.234 e. The van der Waals surface area contributed by atoms with Crippen LogP contribution in [-0.4, -0.2) is 35.7 Å². The van der Waals surface area contributed by atoms with Gasteiger partial charge in [0.15, 0.2) is 0 Å². The van der Waals surface area contributed by atoms with E-state index >= 15 is 0 Å². The lowest BCUT2D eigenvalue weighted by atomic mass is 10.2. The molecule has 0 unspecified atom stereocenters. The summed E-state index contributed by atoms with van der Waals surface area (Å²) in [5.41, 5.74) is -0.552. The fourth-order valence-electron chi connectivity index (χ4n) is 0.978. The van der Waals surface area contributed by atoms with Crippen molar-refractivity contribution in [2.45, 2.75) is 45.3 Å². The second-order valence-electron chi connectivity index (χ2n) is 4.12. The monoisotopic (exact) mass is 215 g/mol. The van der Waals surface area contributed by atoms with Crippen molar-refractivity contribution >= 4 is 19.0 Å². The molecule has 15 heavy (non-hydrogen) atoms. The molecule has 0 bridgehead atoms. The van der Waals surface area contributed by atoms with E-state index in [0.29, 0.717) is 19.0 Å². The van der Waals surface area contributed by atoms with Gasteiger partial charge in [-0.3, -0.25) is 9.63 Å². The molecule has 0 aliphatic heterocycles. The van der Waals surface area contributed by atoms with Crippen molar-refractivity contribution < 1.29 is 19.2 Å². The zero-order valence-electron chi connectivity index (χ0n) is 9.30. The zero-order valence-corrected chi connectivity index (χ0v) is 9.30. The van der Waals surface area contributed by atoms with Gasteiger partial charge in [-0.2, -0.15) is 0 Å². The van der Waals surface area contributed by atoms with Crippen LogP contribution in [0, 0.1) is 0 Å². The zero-order chi connectivity index (χ0) is 11.9. The van der Waals surface area contributed by atoms with Crippen LogP contribution in [0.5, 0.6) is 0 Å². The molecule has 1 atom stereocenters. The summed E-state index contributed by atoms with van der Waals surface area (Å²) in [6, 6.07) is -0.702. The molecule has 5 nitrogen and oxygen atoms in total. The molecule has 0 heterocycles. The second-order valence-corrected chi connectivity index (χ2v) is 4.12. The number of amides is 1. The summed E-state index contributed by atoms with van der Waals surface area (Å²) in [6.45, 7) is 5.31. The number of nitrogens with zero attached hydrogens (tertiary/aromatic N) is 1. The van der Waals surface area contributed by atoms with Gasteiger partial charge in [0.1, 0.15) is 18.6 Å². The third kappa shape index (κ3) is 5.96. The van der Waals surface area contributed by atoms with E-state index in [2.05, 4.69) is 0 Å². The van der Waals surface area contributed by atoms with Gasteiger partial charge < -0.3 is 9.59 Å². The van der Waals surface area contributed by atoms with Crippen molar-refractivity contribution in [2.24, 2.45) is 0 Å². The Bertz CT molecular complexity index is 222. The number of carbonyl (C=O) groups is 3. The maximum atomic E-state index is 10.7. The summed E-state index contributed by atoms with van der Waals surface area (Å²) in [5, 5.41) is 0.955. The van der Waals surface area contributed by atoms with Crippen LogP contribution < -0.4 is 0 Å². The van der Waals surface area contributed by atoms with Crippen LogP contribution in [0.25, 0.3) is 0 Å². The van der Waals surface area contributed by atoms with Gasteiger partial charge in [-0.05, 0) is 27.2 Å². The second kappa shape index (κ2) is 6.29. The highest BCUT2D eigenvalue weighted by Gasteiger charge is 2.22. The topological polar surface area (TPSA) is 63.7 Å². The molecule has 0 aromatic carbocycles. The first-order valence-corrected chi connectivity index (χ1v) is 4.76. The number of hydroxylamine groups is 2. The number of rotatable bonds is 7. The third-order valence-electron chi connectivity index (χ3n) is 1.55. The summed E-state index contributed by atoms with van der Waals surface area (Å²) in [4.78, 5) is 36.8. The molecule has 0 aromatic heterocycles. The summed E-state index contributed by atoms with van der Waals surface area (Å²) in [5.74, 6) is 0. The van der Waals surface area contributed by atoms with Gasteiger partial charge in [0.05, 0.1) is 5.60 Å². The molecule has 0 aromatic rings. The molecule has 0 fully saturated rings. The quantitative estimate of drug-likeness (QED) is 0.463. The molecule has 0 saturated heterocycles. The third-order valence-corrected chi connectivity index (χ3v) is 1.55. The van der Waals surface area contributed by atoms with Gasteiger partial charge in [0.2, 0.25) is 6.41 Å². The minimum Gasteiger partial charge on any atom is -0.303 e. The van der Waals surface area contributed by atoms with Crippen LogP contribution in [0.1, 0.15) is 33.6 Å². The molecule has 1 amide bonds. The Morgan fingerprint density at radius 1 is 1.27 bits per heavy atom. The largest absolute Gasteiger partial charge is 0.303 e. The van der Waals surface area contributed by atoms with Crippen molar-refractivity contribution in [3.63, 3.8) is 0 Å². The van der Waals surface area contributed by atoms with Crippen molar-refractivity contribution in [3.05, 3.63) is 0 Å². The van der Waals surface area contributed by atoms with E-state index in [1.165, 1.54) is 0 Å². The fraction of sp³-hybridized carbons (Fsp3) is 0.700.